The van der Waals surface area contributed by atoms with E-state index in [0.717, 1.165) is 5.56 Å². The molecule has 0 saturated heterocycles. The molecule has 0 atom stereocenters. The number of anilines is 3. The molecule has 0 aliphatic carbocycles. The lowest BCUT2D eigenvalue weighted by molar-refractivity contribution is 0.262. The normalized spacial score (nSPS) is 12.9. The lowest BCUT2D eigenvalue weighted by atomic mass is 10.0. The first-order valence-corrected chi connectivity index (χ1v) is 12.4. The number of sulfonamides is 1. The smallest absolute Gasteiger partial charge is 0.323 e. The summed E-state index contributed by atoms with van der Waals surface area (Å²) in [6.07, 6.45) is 1.37. The predicted octanol–water partition coefficient (Wildman–Crippen LogP) is 4.50. The number of nitrogens with zero attached hydrogens (tertiary/aromatic N) is 1. The Hall–Kier alpha value is -3.92. The number of carbonyl (C=O) groups excluding carboxylic acids is 1. The first-order chi connectivity index (χ1) is 16.8. The SMILES string of the molecule is COc1ccc(S(=O)(=O)N2CCCc3cc(NC(=O)Nc4cc(OC)cc(OC)c4)ccc32)cc1. The molecule has 0 bridgehead atoms. The van der Waals surface area contributed by atoms with Crippen LogP contribution >= 0.6 is 0 Å². The Morgan fingerprint density at radius 2 is 1.43 bits per heavy atom. The molecule has 0 radical (unpaired) electrons. The highest BCUT2D eigenvalue weighted by Crippen LogP contribution is 2.34. The zero-order valence-electron chi connectivity index (χ0n) is 19.7. The number of hydrogen-bond acceptors (Lipinski definition) is 6. The largest absolute Gasteiger partial charge is 0.497 e. The molecule has 10 heteroatoms. The number of nitrogens with one attached hydrogen (secondary N) is 2. The molecule has 2 amide bonds. The van der Waals surface area contributed by atoms with Crippen molar-refractivity contribution in [3.05, 3.63) is 66.2 Å². The van der Waals surface area contributed by atoms with E-state index in [1.54, 1.807) is 48.5 Å². The summed E-state index contributed by atoms with van der Waals surface area (Å²) in [6, 6.07) is 16.2. The fraction of sp³-hybridized carbons (Fsp3) is 0.240. The van der Waals surface area contributed by atoms with E-state index in [0.29, 0.717) is 53.7 Å². The van der Waals surface area contributed by atoms with Crippen LogP contribution in [0.5, 0.6) is 17.2 Å². The van der Waals surface area contributed by atoms with E-state index in [1.165, 1.54) is 37.8 Å². The molecule has 4 rings (SSSR count). The maximum Gasteiger partial charge on any atom is 0.323 e. The van der Waals surface area contributed by atoms with Gasteiger partial charge in [0, 0.05) is 36.1 Å². The van der Waals surface area contributed by atoms with E-state index >= 15 is 0 Å². The number of carbonyl (C=O) groups is 1. The molecule has 0 fully saturated rings. The van der Waals surface area contributed by atoms with Crippen molar-refractivity contribution in [2.24, 2.45) is 0 Å². The third-order valence-electron chi connectivity index (χ3n) is 5.67. The monoisotopic (exact) mass is 497 g/mol. The molecule has 1 heterocycles. The van der Waals surface area contributed by atoms with Gasteiger partial charge >= 0.3 is 6.03 Å². The number of benzene rings is 3. The molecule has 35 heavy (non-hydrogen) atoms. The molecular weight excluding hydrogens is 470 g/mol. The zero-order valence-corrected chi connectivity index (χ0v) is 20.5. The summed E-state index contributed by atoms with van der Waals surface area (Å²) in [4.78, 5) is 12.8. The summed E-state index contributed by atoms with van der Waals surface area (Å²) in [5.74, 6) is 1.68. The highest BCUT2D eigenvalue weighted by molar-refractivity contribution is 7.92. The van der Waals surface area contributed by atoms with Gasteiger partial charge in [0.05, 0.1) is 31.9 Å². The van der Waals surface area contributed by atoms with Gasteiger partial charge in [-0.15, -0.1) is 0 Å². The molecule has 0 aromatic heterocycles. The van der Waals surface area contributed by atoms with E-state index in [2.05, 4.69) is 10.6 Å². The Morgan fingerprint density at radius 3 is 2.06 bits per heavy atom. The van der Waals surface area contributed by atoms with Crippen LogP contribution in [-0.2, 0) is 16.4 Å². The standard InChI is InChI=1S/C25H27N3O6S/c1-32-20-7-9-23(10-8-20)35(30,31)28-12-4-5-17-13-18(6-11-24(17)28)26-25(29)27-19-14-21(33-2)16-22(15-19)34-3/h6-11,13-16H,4-5,12H2,1-3H3,(H2,26,27,29). The minimum absolute atomic E-state index is 0.196. The van der Waals surface area contributed by atoms with Gasteiger partial charge in [-0.25, -0.2) is 13.2 Å². The predicted molar refractivity (Wildman–Crippen MR) is 134 cm³/mol. The highest BCUT2D eigenvalue weighted by Gasteiger charge is 2.29. The third-order valence-corrected chi connectivity index (χ3v) is 7.50. The van der Waals surface area contributed by atoms with Crippen molar-refractivity contribution in [2.45, 2.75) is 17.7 Å². The van der Waals surface area contributed by atoms with Crippen molar-refractivity contribution in [3.63, 3.8) is 0 Å². The van der Waals surface area contributed by atoms with E-state index in [-0.39, 0.29) is 4.90 Å². The second-order valence-electron chi connectivity index (χ2n) is 7.88. The van der Waals surface area contributed by atoms with Crippen molar-refractivity contribution in [1.82, 2.24) is 0 Å². The fourth-order valence-corrected chi connectivity index (χ4v) is 5.48. The minimum Gasteiger partial charge on any atom is -0.497 e. The van der Waals surface area contributed by atoms with Crippen LogP contribution < -0.4 is 29.1 Å². The Kier molecular flexibility index (Phi) is 7.02. The van der Waals surface area contributed by atoms with Gasteiger partial charge in [0.1, 0.15) is 17.2 Å². The van der Waals surface area contributed by atoms with Gasteiger partial charge in [-0.3, -0.25) is 4.31 Å². The van der Waals surface area contributed by atoms with Crippen molar-refractivity contribution < 1.29 is 27.4 Å². The van der Waals surface area contributed by atoms with Gasteiger partial charge in [-0.2, -0.15) is 0 Å². The molecule has 184 valence electrons. The molecular formula is C25H27N3O6S. The van der Waals surface area contributed by atoms with Crippen LogP contribution in [-0.4, -0.2) is 42.3 Å². The number of fused-ring (bicyclic) bond motifs is 1. The topological polar surface area (TPSA) is 106 Å². The number of rotatable bonds is 7. The average molecular weight is 498 g/mol. The summed E-state index contributed by atoms with van der Waals surface area (Å²) in [5.41, 5.74) is 2.51. The summed E-state index contributed by atoms with van der Waals surface area (Å²) in [5, 5.41) is 5.56. The van der Waals surface area contributed by atoms with Gasteiger partial charge in [0.25, 0.3) is 10.0 Å². The van der Waals surface area contributed by atoms with Crippen LogP contribution in [0, 0.1) is 0 Å². The van der Waals surface area contributed by atoms with Crippen molar-refractivity contribution >= 4 is 33.1 Å². The first kappa shape index (κ1) is 24.2. The zero-order chi connectivity index (χ0) is 25.0. The number of methoxy groups -OCH3 is 3. The lowest BCUT2D eigenvalue weighted by Crippen LogP contribution is -2.35. The summed E-state index contributed by atoms with van der Waals surface area (Å²) in [6.45, 7) is 0.381. The van der Waals surface area contributed by atoms with E-state index < -0.39 is 16.1 Å². The van der Waals surface area contributed by atoms with E-state index in [4.69, 9.17) is 14.2 Å². The fourth-order valence-electron chi connectivity index (χ4n) is 3.94. The minimum atomic E-state index is -3.74. The van der Waals surface area contributed by atoms with Crippen molar-refractivity contribution in [2.75, 3.05) is 42.8 Å². The molecule has 3 aromatic carbocycles. The van der Waals surface area contributed by atoms with Crippen LogP contribution in [0.3, 0.4) is 0 Å². The van der Waals surface area contributed by atoms with Gasteiger partial charge in [0.15, 0.2) is 0 Å². The first-order valence-electron chi connectivity index (χ1n) is 10.9. The Balaban J connectivity index is 1.52. The van der Waals surface area contributed by atoms with E-state index in [1.807, 2.05) is 0 Å². The molecule has 2 N–H and O–H groups in total. The van der Waals surface area contributed by atoms with Gasteiger partial charge in [0.2, 0.25) is 0 Å². The van der Waals surface area contributed by atoms with Gasteiger partial charge in [-0.1, -0.05) is 0 Å². The van der Waals surface area contributed by atoms with Crippen molar-refractivity contribution in [1.29, 1.82) is 0 Å². The Labute approximate surface area is 204 Å². The maximum atomic E-state index is 13.3. The molecule has 1 aliphatic rings. The number of ether oxygens (including phenoxy) is 3. The van der Waals surface area contributed by atoms with Crippen molar-refractivity contribution in [3.8, 4) is 17.2 Å². The van der Waals surface area contributed by atoms with Gasteiger partial charge < -0.3 is 24.8 Å². The molecule has 9 nitrogen and oxygen atoms in total. The molecule has 0 saturated carbocycles. The number of aryl methyl sites for hydroxylation is 1. The van der Waals surface area contributed by atoms with E-state index in [9.17, 15) is 13.2 Å². The summed E-state index contributed by atoms with van der Waals surface area (Å²) < 4.78 is 43.6. The average Bonchev–Trinajstić information content (AvgIpc) is 2.87. The highest BCUT2D eigenvalue weighted by atomic mass is 32.2. The number of hydrogen-bond donors (Lipinski definition) is 2. The van der Waals surface area contributed by atoms with Crippen LogP contribution in [0.25, 0.3) is 0 Å². The second-order valence-corrected chi connectivity index (χ2v) is 9.74. The molecule has 0 spiro atoms. The molecule has 0 unspecified atom stereocenters. The van der Waals surface area contributed by atoms with Crippen LogP contribution in [0.4, 0.5) is 21.9 Å². The van der Waals surface area contributed by atoms with Crippen LogP contribution in [0.2, 0.25) is 0 Å². The quantitative estimate of drug-likeness (QED) is 0.498. The van der Waals surface area contributed by atoms with Crippen LogP contribution in [0.1, 0.15) is 12.0 Å². The Bertz CT molecular complexity index is 1300. The Morgan fingerprint density at radius 1 is 0.800 bits per heavy atom. The third kappa shape index (κ3) is 5.27. The number of amides is 2. The lowest BCUT2D eigenvalue weighted by Gasteiger charge is -2.31. The van der Waals surface area contributed by atoms with Gasteiger partial charge in [-0.05, 0) is 60.9 Å². The van der Waals surface area contributed by atoms with Crippen LogP contribution in [0.15, 0.2) is 65.6 Å². The maximum absolute atomic E-state index is 13.3. The second kappa shape index (κ2) is 10.1. The number of urea groups is 1. The summed E-state index contributed by atoms with van der Waals surface area (Å²) >= 11 is 0. The molecule has 1 aliphatic heterocycles. The summed E-state index contributed by atoms with van der Waals surface area (Å²) in [7, 11) is 0.859. The molecule has 3 aromatic rings.